The maximum atomic E-state index is 11.9. The van der Waals surface area contributed by atoms with Gasteiger partial charge in [0.2, 0.25) is 10.0 Å². The van der Waals surface area contributed by atoms with Crippen LogP contribution in [0, 0.1) is 0 Å². The summed E-state index contributed by atoms with van der Waals surface area (Å²) in [5.41, 5.74) is 0.362. The molecule has 0 aromatic heterocycles. The summed E-state index contributed by atoms with van der Waals surface area (Å²) in [6.07, 6.45) is 1.69. The number of benzene rings is 1. The summed E-state index contributed by atoms with van der Waals surface area (Å²) in [5.74, 6) is 0. The molecule has 1 fully saturated rings. The molecule has 9 heteroatoms. The largest absolute Gasteiger partial charge is 0.301 e. The first-order valence-electron chi connectivity index (χ1n) is 5.59. The van der Waals surface area contributed by atoms with Gasteiger partial charge in [-0.1, -0.05) is 0 Å². The zero-order valence-corrected chi connectivity index (χ0v) is 11.9. The molecule has 0 aliphatic heterocycles. The first-order chi connectivity index (χ1) is 8.70. The molecule has 0 bridgehead atoms. The number of hydrogen-bond acceptors (Lipinski definition) is 4. The molecule has 0 radical (unpaired) electrons. The molecule has 1 aromatic rings. The number of nitrogens with one attached hydrogen (secondary N) is 1. The van der Waals surface area contributed by atoms with Crippen molar-refractivity contribution in [3.63, 3.8) is 0 Å². The minimum atomic E-state index is -3.77. The van der Waals surface area contributed by atoms with Gasteiger partial charge in [-0.15, -0.1) is 0 Å². The Morgan fingerprint density at radius 2 is 1.68 bits per heavy atom. The van der Waals surface area contributed by atoms with Crippen molar-refractivity contribution >= 4 is 25.9 Å². The predicted molar refractivity (Wildman–Crippen MR) is 71.3 cm³/mol. The third-order valence-corrected chi connectivity index (χ3v) is 5.27. The van der Waals surface area contributed by atoms with Crippen LogP contribution in [0.4, 0.5) is 5.69 Å². The molecule has 0 heterocycles. The Bertz CT molecular complexity index is 663. The van der Waals surface area contributed by atoms with Gasteiger partial charge in [-0.3, -0.25) is 4.31 Å². The molecule has 7 nitrogen and oxygen atoms in total. The Kier molecular flexibility index (Phi) is 3.56. The van der Waals surface area contributed by atoms with Crippen molar-refractivity contribution in [1.82, 2.24) is 4.72 Å². The van der Waals surface area contributed by atoms with E-state index >= 15 is 0 Å². The lowest BCUT2D eigenvalue weighted by Gasteiger charge is -2.19. The van der Waals surface area contributed by atoms with Gasteiger partial charge in [0.25, 0.3) is 0 Å². The lowest BCUT2D eigenvalue weighted by Crippen LogP contribution is -2.39. The van der Waals surface area contributed by atoms with E-state index in [4.69, 9.17) is 5.14 Å². The van der Waals surface area contributed by atoms with E-state index in [9.17, 15) is 16.8 Å². The molecule has 2 rings (SSSR count). The summed E-state index contributed by atoms with van der Waals surface area (Å²) in [6, 6.07) is 5.34. The third-order valence-electron chi connectivity index (χ3n) is 2.78. The van der Waals surface area contributed by atoms with E-state index in [0.29, 0.717) is 5.69 Å². The van der Waals surface area contributed by atoms with Gasteiger partial charge < -0.3 is 0 Å². The maximum absolute atomic E-state index is 11.9. The lowest BCUT2D eigenvalue weighted by atomic mass is 10.3. The van der Waals surface area contributed by atoms with Crippen molar-refractivity contribution in [1.29, 1.82) is 0 Å². The van der Waals surface area contributed by atoms with Gasteiger partial charge in [0.15, 0.2) is 0 Å². The first kappa shape index (κ1) is 14.3. The monoisotopic (exact) mass is 305 g/mol. The van der Waals surface area contributed by atoms with Crippen LogP contribution in [0.25, 0.3) is 0 Å². The molecule has 0 atom stereocenters. The fourth-order valence-electron chi connectivity index (χ4n) is 1.48. The summed E-state index contributed by atoms with van der Waals surface area (Å²) in [7, 11) is -5.97. The van der Waals surface area contributed by atoms with E-state index in [0.717, 1.165) is 17.1 Å². The SMILES string of the molecule is CN(c1ccc(S(N)(=O)=O)cc1)S(=O)(=O)NC1CC1. The van der Waals surface area contributed by atoms with E-state index in [1.165, 1.54) is 31.3 Å². The van der Waals surface area contributed by atoms with E-state index in [2.05, 4.69) is 4.72 Å². The topological polar surface area (TPSA) is 110 Å². The molecule has 1 aliphatic carbocycles. The minimum Gasteiger partial charge on any atom is -0.261 e. The molecule has 0 spiro atoms. The Labute approximate surface area is 112 Å². The van der Waals surface area contributed by atoms with Crippen LogP contribution in [0.1, 0.15) is 12.8 Å². The first-order valence-corrected chi connectivity index (χ1v) is 8.58. The van der Waals surface area contributed by atoms with Crippen molar-refractivity contribution in [3.8, 4) is 0 Å². The molecule has 1 saturated carbocycles. The van der Waals surface area contributed by atoms with Gasteiger partial charge in [-0.25, -0.2) is 13.6 Å². The second-order valence-electron chi connectivity index (χ2n) is 4.40. The second-order valence-corrected chi connectivity index (χ2v) is 7.70. The van der Waals surface area contributed by atoms with Crippen molar-refractivity contribution in [3.05, 3.63) is 24.3 Å². The van der Waals surface area contributed by atoms with Crippen molar-refractivity contribution < 1.29 is 16.8 Å². The van der Waals surface area contributed by atoms with Crippen LogP contribution in [0.5, 0.6) is 0 Å². The number of nitrogens with zero attached hydrogens (tertiary/aromatic N) is 1. The van der Waals surface area contributed by atoms with Crippen molar-refractivity contribution in [2.24, 2.45) is 5.14 Å². The Morgan fingerprint density at radius 3 is 2.11 bits per heavy atom. The smallest absolute Gasteiger partial charge is 0.261 e. The predicted octanol–water partition coefficient (Wildman–Crippen LogP) is -0.233. The average molecular weight is 305 g/mol. The molecule has 1 aliphatic rings. The second kappa shape index (κ2) is 4.75. The summed E-state index contributed by atoms with van der Waals surface area (Å²) in [4.78, 5) is -0.0581. The van der Waals surface area contributed by atoms with Crippen molar-refractivity contribution in [2.75, 3.05) is 11.4 Å². The number of rotatable bonds is 5. The lowest BCUT2D eigenvalue weighted by molar-refractivity contribution is 0.579. The fourth-order valence-corrected chi connectivity index (χ4v) is 3.21. The van der Waals surface area contributed by atoms with Crippen LogP contribution < -0.4 is 14.2 Å². The van der Waals surface area contributed by atoms with Crippen LogP contribution in [0.15, 0.2) is 29.2 Å². The van der Waals surface area contributed by atoms with Gasteiger partial charge in [-0.2, -0.15) is 13.1 Å². The summed E-state index contributed by atoms with van der Waals surface area (Å²) in [5, 5.41) is 4.97. The fraction of sp³-hybridized carbons (Fsp3) is 0.400. The zero-order valence-electron chi connectivity index (χ0n) is 10.3. The van der Waals surface area contributed by atoms with Crippen LogP contribution >= 0.6 is 0 Å². The van der Waals surface area contributed by atoms with Crippen molar-refractivity contribution in [2.45, 2.75) is 23.8 Å². The van der Waals surface area contributed by atoms with Gasteiger partial charge in [0.1, 0.15) is 0 Å². The summed E-state index contributed by atoms with van der Waals surface area (Å²) >= 11 is 0. The highest BCUT2D eigenvalue weighted by atomic mass is 32.2. The molecule has 3 N–H and O–H groups in total. The van der Waals surface area contributed by atoms with Crippen LogP contribution in [0.3, 0.4) is 0 Å². The highest BCUT2D eigenvalue weighted by Crippen LogP contribution is 2.23. The Hall–Kier alpha value is -1.16. The maximum Gasteiger partial charge on any atom is 0.301 e. The molecular formula is C10H15N3O4S2. The van der Waals surface area contributed by atoms with E-state index < -0.39 is 20.2 Å². The molecule has 0 saturated heterocycles. The Balaban J connectivity index is 2.22. The average Bonchev–Trinajstić information content (AvgIpc) is 3.10. The number of sulfonamides is 1. The van der Waals surface area contributed by atoms with E-state index in [1.54, 1.807) is 0 Å². The standard InChI is InChI=1S/C10H15N3O4S2/c1-13(19(16,17)12-8-2-3-8)9-4-6-10(7-5-9)18(11,14)15/h4-8,12H,2-3H2,1H3,(H2,11,14,15). The molecule has 106 valence electrons. The molecule has 0 amide bonds. The zero-order chi connectivity index (χ0) is 14.3. The quantitative estimate of drug-likeness (QED) is 0.782. The van der Waals surface area contributed by atoms with Gasteiger partial charge in [0, 0.05) is 13.1 Å². The molecule has 1 aromatic carbocycles. The number of anilines is 1. The summed E-state index contributed by atoms with van der Waals surface area (Å²) < 4.78 is 49.7. The number of nitrogens with two attached hydrogens (primary N) is 1. The highest BCUT2D eigenvalue weighted by Gasteiger charge is 2.29. The molecule has 19 heavy (non-hydrogen) atoms. The third kappa shape index (κ3) is 3.44. The van der Waals surface area contributed by atoms with Crippen LogP contribution in [-0.2, 0) is 20.2 Å². The minimum absolute atomic E-state index is 0.0103. The van der Waals surface area contributed by atoms with E-state index in [1.807, 2.05) is 0 Å². The van der Waals surface area contributed by atoms with Gasteiger partial charge >= 0.3 is 10.2 Å². The highest BCUT2D eigenvalue weighted by molar-refractivity contribution is 7.90. The van der Waals surface area contributed by atoms with Crippen LogP contribution in [0.2, 0.25) is 0 Å². The van der Waals surface area contributed by atoms with Gasteiger partial charge in [-0.05, 0) is 37.1 Å². The Morgan fingerprint density at radius 1 is 1.16 bits per heavy atom. The normalized spacial score (nSPS) is 16.3. The van der Waals surface area contributed by atoms with Crippen LogP contribution in [-0.4, -0.2) is 29.9 Å². The summed E-state index contributed by atoms with van der Waals surface area (Å²) in [6.45, 7) is 0. The molecular weight excluding hydrogens is 290 g/mol. The van der Waals surface area contributed by atoms with Gasteiger partial charge in [0.05, 0.1) is 10.6 Å². The number of hydrogen-bond donors (Lipinski definition) is 2. The van der Waals surface area contributed by atoms with E-state index in [-0.39, 0.29) is 10.9 Å². The number of primary sulfonamides is 1. The molecule has 0 unspecified atom stereocenters.